The highest BCUT2D eigenvalue weighted by atomic mass is 35.5. The number of methoxy groups -OCH3 is 3. The predicted molar refractivity (Wildman–Crippen MR) is 196 cm³/mol. The Morgan fingerprint density at radius 2 is 1.40 bits per heavy atom. The summed E-state index contributed by atoms with van der Waals surface area (Å²) in [4.78, 5) is 30.0. The van der Waals surface area contributed by atoms with Crippen molar-refractivity contribution in [3.63, 3.8) is 0 Å². The van der Waals surface area contributed by atoms with Crippen LogP contribution in [-0.2, 0) is 32.6 Å². The van der Waals surface area contributed by atoms with Crippen molar-refractivity contribution < 1.29 is 32.2 Å². The van der Waals surface area contributed by atoms with Crippen LogP contribution < -0.4 is 23.8 Å². The molecule has 0 spiro atoms. The van der Waals surface area contributed by atoms with Gasteiger partial charge in [0.25, 0.3) is 10.0 Å². The van der Waals surface area contributed by atoms with Crippen LogP contribution in [0.4, 0.5) is 5.69 Å². The van der Waals surface area contributed by atoms with E-state index in [0.717, 1.165) is 9.87 Å². The highest BCUT2D eigenvalue weighted by Gasteiger charge is 2.36. The van der Waals surface area contributed by atoms with Gasteiger partial charge in [0.05, 0.1) is 31.9 Å². The molecule has 0 radical (unpaired) electrons. The number of anilines is 1. The second-order valence-corrected chi connectivity index (χ2v) is 14.6. The van der Waals surface area contributed by atoms with Crippen LogP contribution in [0.3, 0.4) is 0 Å². The lowest BCUT2D eigenvalue weighted by Gasteiger charge is -2.34. The van der Waals surface area contributed by atoms with Crippen LogP contribution in [0.25, 0.3) is 0 Å². The van der Waals surface area contributed by atoms with Crippen molar-refractivity contribution in [3.8, 4) is 17.2 Å². The Bertz CT molecular complexity index is 1890. The molecule has 0 saturated heterocycles. The summed E-state index contributed by atoms with van der Waals surface area (Å²) in [5.74, 6) is -0.248. The van der Waals surface area contributed by atoms with E-state index in [-0.39, 0.29) is 51.9 Å². The molecule has 0 aliphatic rings. The zero-order chi connectivity index (χ0) is 36.4. The van der Waals surface area contributed by atoms with E-state index in [9.17, 15) is 18.0 Å². The molecule has 0 bridgehead atoms. The van der Waals surface area contributed by atoms with Gasteiger partial charge in [0.15, 0.2) is 11.5 Å². The summed E-state index contributed by atoms with van der Waals surface area (Å²) in [5, 5.41) is 3.63. The van der Waals surface area contributed by atoms with E-state index in [1.807, 2.05) is 44.2 Å². The number of carbonyl (C=O) groups excluding carboxylic acids is 2. The lowest BCUT2D eigenvalue weighted by molar-refractivity contribution is -0.140. The zero-order valence-corrected chi connectivity index (χ0v) is 30.9. The van der Waals surface area contributed by atoms with Gasteiger partial charge in [-0.25, -0.2) is 8.42 Å². The molecule has 0 aliphatic carbocycles. The maximum Gasteiger partial charge on any atom is 0.265 e. The molecule has 10 nitrogen and oxygen atoms in total. The minimum atomic E-state index is -4.51. The number of amides is 2. The molecule has 2 amide bonds. The van der Waals surface area contributed by atoms with E-state index in [2.05, 4.69) is 5.32 Å². The molecule has 0 heterocycles. The minimum absolute atomic E-state index is 0.0229. The Morgan fingerprint density at radius 1 is 0.760 bits per heavy atom. The molecule has 1 atom stereocenters. The highest BCUT2D eigenvalue weighted by molar-refractivity contribution is 7.92. The Hall–Kier alpha value is -4.45. The summed E-state index contributed by atoms with van der Waals surface area (Å²) in [5.41, 5.74) is 1.48. The summed E-state index contributed by atoms with van der Waals surface area (Å²) >= 11 is 12.7. The molecule has 1 N–H and O–H groups in total. The number of ether oxygens (including phenoxy) is 3. The van der Waals surface area contributed by atoms with Crippen LogP contribution >= 0.6 is 23.2 Å². The van der Waals surface area contributed by atoms with Crippen molar-refractivity contribution in [2.75, 3.05) is 38.7 Å². The Labute approximate surface area is 303 Å². The second kappa shape index (κ2) is 17.5. The van der Waals surface area contributed by atoms with Gasteiger partial charge in [-0.1, -0.05) is 79.5 Å². The molecule has 0 aliphatic heterocycles. The third-order valence-corrected chi connectivity index (χ3v) is 10.1. The van der Waals surface area contributed by atoms with E-state index in [1.165, 1.54) is 56.6 Å². The summed E-state index contributed by atoms with van der Waals surface area (Å²) in [7, 11) is -0.295. The van der Waals surface area contributed by atoms with E-state index in [1.54, 1.807) is 30.3 Å². The summed E-state index contributed by atoms with van der Waals surface area (Å²) in [6, 6.07) is 23.8. The number of nitrogens with one attached hydrogen (secondary N) is 1. The number of benzene rings is 4. The molecule has 0 aromatic heterocycles. The standard InChI is InChI=1S/C37H41Cl2N3O7S/c1-25(2)22-40-37(44)32(19-26-10-7-6-8-11-26)41(23-27-12-9-13-28(38)18-27)36(43)24-42(31-20-29(39)14-16-33(31)47-3)50(45,46)30-15-17-34(48-4)35(21-30)49-5/h6-18,20-21,25,32H,19,22-24H2,1-5H3,(H,40,44)/t32-/m0/s1. The van der Waals surface area contributed by atoms with Gasteiger partial charge in [-0.2, -0.15) is 0 Å². The fraction of sp³-hybridized carbons (Fsp3) is 0.297. The molecule has 0 saturated carbocycles. The quantitative estimate of drug-likeness (QED) is 0.137. The fourth-order valence-corrected chi connectivity index (χ4v) is 7.10. The largest absolute Gasteiger partial charge is 0.495 e. The van der Waals surface area contributed by atoms with Crippen molar-refractivity contribution >= 4 is 50.7 Å². The molecule has 4 aromatic carbocycles. The van der Waals surface area contributed by atoms with E-state index >= 15 is 0 Å². The Morgan fingerprint density at radius 3 is 2.04 bits per heavy atom. The normalized spacial score (nSPS) is 11.8. The molecule has 50 heavy (non-hydrogen) atoms. The van der Waals surface area contributed by atoms with Crippen LogP contribution in [0.15, 0.2) is 95.9 Å². The number of sulfonamides is 1. The lowest BCUT2D eigenvalue weighted by atomic mass is 10.0. The Kier molecular flexibility index (Phi) is 13.4. The maximum atomic E-state index is 14.8. The molecule has 0 fully saturated rings. The molecule has 0 unspecified atom stereocenters. The summed E-state index contributed by atoms with van der Waals surface area (Å²) < 4.78 is 46.3. The molecule has 4 rings (SSSR count). The minimum Gasteiger partial charge on any atom is -0.495 e. The van der Waals surface area contributed by atoms with Crippen LogP contribution in [0.2, 0.25) is 10.0 Å². The van der Waals surface area contributed by atoms with Gasteiger partial charge in [-0.05, 0) is 59.5 Å². The topological polar surface area (TPSA) is 114 Å². The van der Waals surface area contributed by atoms with Crippen LogP contribution in [0, 0.1) is 5.92 Å². The second-order valence-electron chi connectivity index (χ2n) is 11.8. The zero-order valence-electron chi connectivity index (χ0n) is 28.6. The third kappa shape index (κ3) is 9.62. The number of carbonyl (C=O) groups is 2. The number of rotatable bonds is 16. The third-order valence-electron chi connectivity index (χ3n) is 7.83. The first-order chi connectivity index (χ1) is 23.9. The molecule has 266 valence electrons. The van der Waals surface area contributed by atoms with Gasteiger partial charge < -0.3 is 24.4 Å². The van der Waals surface area contributed by atoms with E-state index in [4.69, 9.17) is 37.4 Å². The lowest BCUT2D eigenvalue weighted by Crippen LogP contribution is -2.53. The van der Waals surface area contributed by atoms with Crippen molar-refractivity contribution in [3.05, 3.63) is 112 Å². The first kappa shape index (κ1) is 38.4. The monoisotopic (exact) mass is 741 g/mol. The number of hydrogen-bond acceptors (Lipinski definition) is 7. The van der Waals surface area contributed by atoms with Crippen LogP contribution in [0.5, 0.6) is 17.2 Å². The highest BCUT2D eigenvalue weighted by Crippen LogP contribution is 2.37. The SMILES string of the molecule is COc1ccc(S(=O)(=O)N(CC(=O)N(Cc2cccc(Cl)c2)[C@@H](Cc2ccccc2)C(=O)NCC(C)C)c2cc(Cl)ccc2OC)cc1OC. The molecular weight excluding hydrogens is 701 g/mol. The van der Waals surface area contributed by atoms with Crippen molar-refractivity contribution in [1.29, 1.82) is 0 Å². The fourth-order valence-electron chi connectivity index (χ4n) is 5.28. The Balaban J connectivity index is 1.88. The van der Waals surface area contributed by atoms with Crippen LogP contribution in [0.1, 0.15) is 25.0 Å². The van der Waals surface area contributed by atoms with E-state index < -0.39 is 28.5 Å². The molecule has 4 aromatic rings. The average Bonchev–Trinajstić information content (AvgIpc) is 3.10. The summed E-state index contributed by atoms with van der Waals surface area (Å²) in [6.45, 7) is 3.57. The van der Waals surface area contributed by atoms with Gasteiger partial charge in [-0.3, -0.25) is 13.9 Å². The first-order valence-corrected chi connectivity index (χ1v) is 18.0. The van der Waals surface area contributed by atoms with Crippen molar-refractivity contribution in [1.82, 2.24) is 10.2 Å². The average molecular weight is 743 g/mol. The summed E-state index contributed by atoms with van der Waals surface area (Å²) in [6.07, 6.45) is 0.167. The van der Waals surface area contributed by atoms with Gasteiger partial charge in [0.1, 0.15) is 18.3 Å². The number of halogens is 2. The van der Waals surface area contributed by atoms with Crippen LogP contribution in [-0.4, -0.2) is 65.6 Å². The number of nitrogens with zero attached hydrogens (tertiary/aromatic N) is 2. The van der Waals surface area contributed by atoms with Gasteiger partial charge in [0, 0.05) is 35.6 Å². The molecule has 13 heteroatoms. The first-order valence-electron chi connectivity index (χ1n) is 15.8. The molecular formula is C37H41Cl2N3O7S. The van der Waals surface area contributed by atoms with Crippen molar-refractivity contribution in [2.24, 2.45) is 5.92 Å². The van der Waals surface area contributed by atoms with Crippen molar-refractivity contribution in [2.45, 2.75) is 37.8 Å². The predicted octanol–water partition coefficient (Wildman–Crippen LogP) is 6.63. The number of hydrogen-bond donors (Lipinski definition) is 1. The van der Waals surface area contributed by atoms with Gasteiger partial charge >= 0.3 is 0 Å². The smallest absolute Gasteiger partial charge is 0.265 e. The van der Waals surface area contributed by atoms with Gasteiger partial charge in [0.2, 0.25) is 11.8 Å². The van der Waals surface area contributed by atoms with Gasteiger partial charge in [-0.15, -0.1) is 0 Å². The van der Waals surface area contributed by atoms with E-state index in [0.29, 0.717) is 22.9 Å². The maximum absolute atomic E-state index is 14.8.